The van der Waals surface area contributed by atoms with Gasteiger partial charge in [-0.2, -0.15) is 0 Å². The van der Waals surface area contributed by atoms with Gasteiger partial charge >= 0.3 is 5.97 Å². The molecule has 1 rings (SSSR count). The summed E-state index contributed by atoms with van der Waals surface area (Å²) in [6.07, 6.45) is 3.32. The maximum Gasteiger partial charge on any atom is 0.303 e. The molecule has 0 bridgehead atoms. The van der Waals surface area contributed by atoms with Crippen molar-refractivity contribution in [1.29, 1.82) is 0 Å². The van der Waals surface area contributed by atoms with E-state index in [-0.39, 0.29) is 23.8 Å². The lowest BCUT2D eigenvalue weighted by atomic mass is 9.77. The fourth-order valence-corrected chi connectivity index (χ4v) is 2.41. The van der Waals surface area contributed by atoms with Crippen LogP contribution in [0.4, 0.5) is 0 Å². The van der Waals surface area contributed by atoms with E-state index in [1.807, 2.05) is 13.8 Å². The van der Waals surface area contributed by atoms with Crippen LogP contribution in [-0.2, 0) is 9.59 Å². The van der Waals surface area contributed by atoms with Crippen LogP contribution in [-0.4, -0.2) is 36.1 Å². The van der Waals surface area contributed by atoms with Crippen LogP contribution in [0, 0.1) is 5.41 Å². The smallest absolute Gasteiger partial charge is 0.303 e. The molecule has 0 aromatic carbocycles. The van der Waals surface area contributed by atoms with Gasteiger partial charge in [-0.1, -0.05) is 6.92 Å². The van der Waals surface area contributed by atoms with Gasteiger partial charge in [-0.25, -0.2) is 0 Å². The molecular weight excluding hydrogens is 232 g/mol. The highest BCUT2D eigenvalue weighted by molar-refractivity contribution is 5.83. The van der Waals surface area contributed by atoms with Crippen LogP contribution in [0.2, 0.25) is 0 Å². The molecule has 18 heavy (non-hydrogen) atoms. The summed E-state index contributed by atoms with van der Waals surface area (Å²) < 4.78 is 0. The van der Waals surface area contributed by atoms with E-state index in [9.17, 15) is 9.59 Å². The molecule has 5 nitrogen and oxygen atoms in total. The van der Waals surface area contributed by atoms with Crippen LogP contribution in [0.3, 0.4) is 0 Å². The second-order valence-corrected chi connectivity index (χ2v) is 5.22. The van der Waals surface area contributed by atoms with E-state index in [0.29, 0.717) is 6.42 Å². The van der Waals surface area contributed by atoms with Crippen molar-refractivity contribution in [1.82, 2.24) is 10.6 Å². The highest BCUT2D eigenvalue weighted by Gasteiger charge is 2.38. The first kappa shape index (κ1) is 15.0. The normalized spacial score (nSPS) is 25.4. The van der Waals surface area contributed by atoms with Crippen LogP contribution in [0.5, 0.6) is 0 Å². The monoisotopic (exact) mass is 256 g/mol. The summed E-state index contributed by atoms with van der Waals surface area (Å²) in [6, 6.07) is -0.0843. The molecule has 0 spiro atoms. The number of hydrogen-bond acceptors (Lipinski definition) is 3. The van der Waals surface area contributed by atoms with Crippen molar-refractivity contribution in [3.05, 3.63) is 0 Å². The maximum absolute atomic E-state index is 12.3. The van der Waals surface area contributed by atoms with E-state index in [0.717, 1.165) is 32.4 Å². The summed E-state index contributed by atoms with van der Waals surface area (Å²) in [5.41, 5.74) is -0.310. The molecule has 0 aliphatic carbocycles. The summed E-state index contributed by atoms with van der Waals surface area (Å²) >= 11 is 0. The van der Waals surface area contributed by atoms with Crippen LogP contribution < -0.4 is 10.6 Å². The predicted molar refractivity (Wildman–Crippen MR) is 69.3 cm³/mol. The summed E-state index contributed by atoms with van der Waals surface area (Å²) in [5.74, 6) is -0.754. The van der Waals surface area contributed by atoms with Gasteiger partial charge in [0.2, 0.25) is 5.91 Å². The highest BCUT2D eigenvalue weighted by atomic mass is 16.4. The molecule has 1 aliphatic heterocycles. The Bertz CT molecular complexity index is 299. The summed E-state index contributed by atoms with van der Waals surface area (Å²) in [6.45, 7) is 5.60. The Balaban J connectivity index is 2.48. The average Bonchev–Trinajstić information content (AvgIpc) is 2.37. The number of nitrogens with one attached hydrogen (secondary N) is 2. The minimum Gasteiger partial charge on any atom is -0.481 e. The van der Waals surface area contributed by atoms with Gasteiger partial charge in [-0.05, 0) is 39.2 Å². The molecule has 0 aromatic rings. The van der Waals surface area contributed by atoms with Crippen molar-refractivity contribution in [3.8, 4) is 0 Å². The van der Waals surface area contributed by atoms with Crippen molar-refractivity contribution in [2.24, 2.45) is 5.41 Å². The fourth-order valence-electron chi connectivity index (χ4n) is 2.41. The SMILES string of the molecule is CCC1(C(=O)NC(C)CCC(=O)O)CCCNC1. The van der Waals surface area contributed by atoms with Gasteiger partial charge in [-0.15, -0.1) is 0 Å². The van der Waals surface area contributed by atoms with Crippen molar-refractivity contribution in [3.63, 3.8) is 0 Å². The van der Waals surface area contributed by atoms with Gasteiger partial charge in [0.25, 0.3) is 0 Å². The van der Waals surface area contributed by atoms with Crippen LogP contribution >= 0.6 is 0 Å². The minimum atomic E-state index is -0.819. The van der Waals surface area contributed by atoms with Crippen molar-refractivity contribution < 1.29 is 14.7 Å². The number of rotatable bonds is 6. The van der Waals surface area contributed by atoms with Crippen LogP contribution in [0.25, 0.3) is 0 Å². The van der Waals surface area contributed by atoms with Crippen molar-refractivity contribution in [2.45, 2.75) is 52.0 Å². The summed E-state index contributed by atoms with van der Waals surface area (Å²) in [7, 11) is 0. The first-order chi connectivity index (χ1) is 8.50. The van der Waals surface area contributed by atoms with E-state index in [1.54, 1.807) is 0 Å². The molecule has 0 aromatic heterocycles. The molecule has 104 valence electrons. The number of carboxylic acid groups (broad SMARTS) is 1. The van der Waals surface area contributed by atoms with Gasteiger partial charge in [0.15, 0.2) is 0 Å². The number of carboxylic acids is 1. The molecule has 0 radical (unpaired) electrons. The zero-order valence-corrected chi connectivity index (χ0v) is 11.3. The first-order valence-corrected chi connectivity index (χ1v) is 6.73. The third-order valence-corrected chi connectivity index (χ3v) is 3.80. The van der Waals surface area contributed by atoms with Crippen molar-refractivity contribution in [2.75, 3.05) is 13.1 Å². The summed E-state index contributed by atoms with van der Waals surface area (Å²) in [4.78, 5) is 22.8. The van der Waals surface area contributed by atoms with E-state index in [1.165, 1.54) is 0 Å². The van der Waals surface area contributed by atoms with Crippen molar-refractivity contribution >= 4 is 11.9 Å². The lowest BCUT2D eigenvalue weighted by molar-refractivity contribution is -0.138. The Hall–Kier alpha value is -1.10. The zero-order valence-electron chi connectivity index (χ0n) is 11.3. The molecule has 2 atom stereocenters. The third kappa shape index (κ3) is 3.98. The topological polar surface area (TPSA) is 78.4 Å². The fraction of sp³-hybridized carbons (Fsp3) is 0.846. The Morgan fingerprint density at radius 2 is 2.22 bits per heavy atom. The minimum absolute atomic E-state index is 0.0649. The summed E-state index contributed by atoms with van der Waals surface area (Å²) in [5, 5.41) is 14.8. The zero-order chi connectivity index (χ0) is 13.6. The molecule has 5 heteroatoms. The molecule has 2 unspecified atom stereocenters. The molecule has 0 saturated carbocycles. The maximum atomic E-state index is 12.3. The second kappa shape index (κ2) is 6.73. The number of hydrogen-bond donors (Lipinski definition) is 3. The molecule has 1 aliphatic rings. The van der Waals surface area contributed by atoms with Gasteiger partial charge < -0.3 is 15.7 Å². The highest BCUT2D eigenvalue weighted by Crippen LogP contribution is 2.30. The van der Waals surface area contributed by atoms with Crippen LogP contribution in [0.1, 0.15) is 46.0 Å². The second-order valence-electron chi connectivity index (χ2n) is 5.22. The third-order valence-electron chi connectivity index (χ3n) is 3.80. The lowest BCUT2D eigenvalue weighted by Gasteiger charge is -2.36. The molecule has 3 N–H and O–H groups in total. The largest absolute Gasteiger partial charge is 0.481 e. The van der Waals surface area contributed by atoms with E-state index in [4.69, 9.17) is 5.11 Å². The van der Waals surface area contributed by atoms with Crippen LogP contribution in [0.15, 0.2) is 0 Å². The Labute approximate surface area is 108 Å². The molecule has 1 fully saturated rings. The van der Waals surface area contributed by atoms with E-state index in [2.05, 4.69) is 10.6 Å². The molecule has 1 heterocycles. The number of piperidine rings is 1. The Kier molecular flexibility index (Phi) is 5.59. The molecular formula is C13H24N2O3. The van der Waals surface area contributed by atoms with Gasteiger partial charge in [0.1, 0.15) is 0 Å². The first-order valence-electron chi connectivity index (χ1n) is 6.73. The van der Waals surface area contributed by atoms with E-state index >= 15 is 0 Å². The Morgan fingerprint density at radius 1 is 1.50 bits per heavy atom. The predicted octanol–water partition coefficient (Wildman–Crippen LogP) is 1.14. The standard InChI is InChI=1S/C13H24N2O3/c1-3-13(7-4-8-14-9-13)12(18)15-10(2)5-6-11(16)17/h10,14H,3-9H2,1-2H3,(H,15,18)(H,16,17). The quantitative estimate of drug-likeness (QED) is 0.666. The number of amides is 1. The number of aliphatic carboxylic acids is 1. The average molecular weight is 256 g/mol. The molecule has 1 saturated heterocycles. The van der Waals surface area contributed by atoms with Gasteiger partial charge in [-0.3, -0.25) is 9.59 Å². The Morgan fingerprint density at radius 3 is 2.72 bits per heavy atom. The van der Waals surface area contributed by atoms with Gasteiger partial charge in [0.05, 0.1) is 5.41 Å². The number of carbonyl (C=O) groups excluding carboxylic acids is 1. The number of carbonyl (C=O) groups is 2. The molecule has 1 amide bonds. The van der Waals surface area contributed by atoms with E-state index < -0.39 is 5.97 Å². The van der Waals surface area contributed by atoms with Gasteiger partial charge in [0, 0.05) is 19.0 Å². The lowest BCUT2D eigenvalue weighted by Crippen LogP contribution is -2.52.